The standard InChI is InChI=1S/C12H9ClN6/c13-8-3-1-7(2-4-8)10-9(5-14)11(15)19-12(18-10)16-6-17-19/h1-4,6,11H,15H2,(H,16,17,18)/t11-/m0/s1. The molecule has 1 aromatic carbocycles. The highest BCUT2D eigenvalue weighted by Crippen LogP contribution is 2.31. The van der Waals surface area contributed by atoms with Crippen molar-refractivity contribution in [1.29, 1.82) is 5.26 Å². The van der Waals surface area contributed by atoms with Gasteiger partial charge < -0.3 is 11.1 Å². The summed E-state index contributed by atoms with van der Waals surface area (Å²) in [6.07, 6.45) is 0.747. The Morgan fingerprint density at radius 1 is 1.37 bits per heavy atom. The molecule has 0 unspecified atom stereocenters. The summed E-state index contributed by atoms with van der Waals surface area (Å²) in [4.78, 5) is 4.06. The van der Waals surface area contributed by atoms with Crippen LogP contribution >= 0.6 is 11.6 Å². The lowest BCUT2D eigenvalue weighted by Gasteiger charge is -2.24. The van der Waals surface area contributed by atoms with Gasteiger partial charge in [0.15, 0.2) is 0 Å². The maximum Gasteiger partial charge on any atom is 0.227 e. The average Bonchev–Trinajstić information content (AvgIpc) is 2.88. The quantitative estimate of drug-likeness (QED) is 0.825. The third-order valence-electron chi connectivity index (χ3n) is 2.89. The van der Waals surface area contributed by atoms with Gasteiger partial charge in [-0.25, -0.2) is 4.68 Å². The van der Waals surface area contributed by atoms with Crippen LogP contribution in [0.5, 0.6) is 0 Å². The molecule has 0 spiro atoms. The first kappa shape index (κ1) is 11.7. The van der Waals surface area contributed by atoms with Gasteiger partial charge in [0.25, 0.3) is 0 Å². The molecule has 0 fully saturated rings. The first-order valence-corrected chi connectivity index (χ1v) is 5.91. The van der Waals surface area contributed by atoms with E-state index in [4.69, 9.17) is 17.3 Å². The second kappa shape index (κ2) is 4.39. The van der Waals surface area contributed by atoms with Crippen LogP contribution in [0, 0.1) is 11.3 Å². The molecule has 1 aliphatic rings. The largest absolute Gasteiger partial charge is 0.323 e. The Morgan fingerprint density at radius 2 is 2.11 bits per heavy atom. The monoisotopic (exact) mass is 272 g/mol. The van der Waals surface area contributed by atoms with Crippen molar-refractivity contribution in [2.24, 2.45) is 5.73 Å². The van der Waals surface area contributed by atoms with E-state index in [9.17, 15) is 5.26 Å². The number of halogens is 1. The van der Waals surface area contributed by atoms with Crippen molar-refractivity contribution >= 4 is 23.2 Å². The van der Waals surface area contributed by atoms with Crippen molar-refractivity contribution in [3.8, 4) is 6.07 Å². The molecular formula is C12H9ClN6. The number of rotatable bonds is 1. The van der Waals surface area contributed by atoms with Crippen LogP contribution in [0.3, 0.4) is 0 Å². The van der Waals surface area contributed by atoms with Crippen LogP contribution in [0.25, 0.3) is 5.70 Å². The molecular weight excluding hydrogens is 264 g/mol. The van der Waals surface area contributed by atoms with Crippen LogP contribution in [0.4, 0.5) is 5.95 Å². The summed E-state index contributed by atoms with van der Waals surface area (Å²) in [5.41, 5.74) is 7.88. The highest BCUT2D eigenvalue weighted by molar-refractivity contribution is 6.30. The zero-order valence-corrected chi connectivity index (χ0v) is 10.5. The Hall–Kier alpha value is -2.36. The number of benzene rings is 1. The lowest BCUT2D eigenvalue weighted by Crippen LogP contribution is -2.29. The molecule has 3 rings (SSSR count). The number of nitrogens with zero attached hydrogens (tertiary/aromatic N) is 4. The van der Waals surface area contributed by atoms with E-state index in [1.807, 2.05) is 12.1 Å². The summed E-state index contributed by atoms with van der Waals surface area (Å²) in [6.45, 7) is 0. The van der Waals surface area contributed by atoms with E-state index in [0.29, 0.717) is 22.2 Å². The lowest BCUT2D eigenvalue weighted by atomic mass is 10.0. The number of aromatic nitrogens is 3. The van der Waals surface area contributed by atoms with Gasteiger partial charge in [-0.05, 0) is 17.7 Å². The molecule has 94 valence electrons. The minimum Gasteiger partial charge on any atom is -0.323 e. The van der Waals surface area contributed by atoms with E-state index >= 15 is 0 Å². The molecule has 0 aliphatic carbocycles. The van der Waals surface area contributed by atoms with Crippen LogP contribution in [-0.4, -0.2) is 14.8 Å². The molecule has 1 aliphatic heterocycles. The fourth-order valence-electron chi connectivity index (χ4n) is 1.96. The lowest BCUT2D eigenvalue weighted by molar-refractivity contribution is 0.542. The molecule has 2 heterocycles. The minimum absolute atomic E-state index is 0.403. The summed E-state index contributed by atoms with van der Waals surface area (Å²) in [5.74, 6) is 0.511. The smallest absolute Gasteiger partial charge is 0.227 e. The van der Waals surface area contributed by atoms with Gasteiger partial charge in [0.2, 0.25) is 5.95 Å². The van der Waals surface area contributed by atoms with Crippen molar-refractivity contribution in [3.63, 3.8) is 0 Å². The van der Waals surface area contributed by atoms with Crippen LogP contribution < -0.4 is 11.1 Å². The molecule has 7 heteroatoms. The van der Waals surface area contributed by atoms with Gasteiger partial charge in [-0.15, -0.1) is 0 Å². The molecule has 1 atom stereocenters. The van der Waals surface area contributed by atoms with E-state index in [0.717, 1.165) is 5.56 Å². The molecule has 2 aromatic rings. The second-order valence-corrected chi connectivity index (χ2v) is 4.44. The highest BCUT2D eigenvalue weighted by atomic mass is 35.5. The SMILES string of the molecule is N#CC1=C(c2ccc(Cl)cc2)Nc2ncnn2[C@@H]1N. The zero-order valence-electron chi connectivity index (χ0n) is 9.71. The van der Waals surface area contributed by atoms with Crippen molar-refractivity contribution in [2.45, 2.75) is 6.17 Å². The summed E-state index contributed by atoms with van der Waals surface area (Å²) in [7, 11) is 0. The fourth-order valence-corrected chi connectivity index (χ4v) is 2.08. The fraction of sp³-hybridized carbons (Fsp3) is 0.0833. The molecule has 6 nitrogen and oxygen atoms in total. The predicted molar refractivity (Wildman–Crippen MR) is 70.9 cm³/mol. The first-order chi connectivity index (χ1) is 9.20. The third-order valence-corrected chi connectivity index (χ3v) is 3.14. The number of nitrogens with two attached hydrogens (primary N) is 1. The van der Waals surface area contributed by atoms with E-state index in [-0.39, 0.29) is 0 Å². The Kier molecular flexibility index (Phi) is 2.71. The zero-order chi connectivity index (χ0) is 13.4. The van der Waals surface area contributed by atoms with E-state index < -0.39 is 6.17 Å². The number of nitrogens with one attached hydrogen (secondary N) is 1. The summed E-state index contributed by atoms with van der Waals surface area (Å²) in [5, 5.41) is 17.0. The van der Waals surface area contributed by atoms with Gasteiger partial charge >= 0.3 is 0 Å². The number of fused-ring (bicyclic) bond motifs is 1. The van der Waals surface area contributed by atoms with Gasteiger partial charge in [0.05, 0.1) is 11.3 Å². The maximum atomic E-state index is 9.30. The van der Waals surface area contributed by atoms with Gasteiger partial charge in [-0.1, -0.05) is 23.7 Å². The Morgan fingerprint density at radius 3 is 2.79 bits per heavy atom. The number of hydrogen-bond donors (Lipinski definition) is 2. The summed E-state index contributed by atoms with van der Waals surface area (Å²) in [6, 6.07) is 9.27. The number of hydrogen-bond acceptors (Lipinski definition) is 5. The topological polar surface area (TPSA) is 92.5 Å². The normalized spacial score (nSPS) is 17.6. The Labute approximate surface area is 114 Å². The predicted octanol–water partition coefficient (Wildman–Crippen LogP) is 1.75. The molecule has 0 amide bonds. The average molecular weight is 273 g/mol. The first-order valence-electron chi connectivity index (χ1n) is 5.53. The minimum atomic E-state index is -0.644. The third kappa shape index (κ3) is 1.85. The van der Waals surface area contributed by atoms with E-state index in [1.54, 1.807) is 12.1 Å². The van der Waals surface area contributed by atoms with Gasteiger partial charge in [0, 0.05) is 5.02 Å². The van der Waals surface area contributed by atoms with E-state index in [1.165, 1.54) is 11.0 Å². The Bertz CT molecular complexity index is 694. The van der Waals surface area contributed by atoms with Crippen LogP contribution in [-0.2, 0) is 0 Å². The summed E-state index contributed by atoms with van der Waals surface area (Å²) >= 11 is 5.86. The molecule has 3 N–H and O–H groups in total. The highest BCUT2D eigenvalue weighted by Gasteiger charge is 2.26. The molecule has 0 radical (unpaired) electrons. The van der Waals surface area contributed by atoms with Gasteiger partial charge in [-0.2, -0.15) is 15.3 Å². The number of nitriles is 1. The van der Waals surface area contributed by atoms with Crippen molar-refractivity contribution in [1.82, 2.24) is 14.8 Å². The Balaban J connectivity index is 2.13. The van der Waals surface area contributed by atoms with Crippen molar-refractivity contribution in [2.75, 3.05) is 5.32 Å². The molecule has 0 bridgehead atoms. The molecule has 19 heavy (non-hydrogen) atoms. The molecule has 1 aromatic heterocycles. The maximum absolute atomic E-state index is 9.30. The van der Waals surface area contributed by atoms with Gasteiger partial charge in [-0.3, -0.25) is 0 Å². The van der Waals surface area contributed by atoms with E-state index in [2.05, 4.69) is 21.5 Å². The van der Waals surface area contributed by atoms with Crippen molar-refractivity contribution in [3.05, 3.63) is 46.8 Å². The van der Waals surface area contributed by atoms with Crippen LogP contribution in [0.2, 0.25) is 5.02 Å². The molecule has 0 saturated carbocycles. The summed E-state index contributed by atoms with van der Waals surface area (Å²) < 4.78 is 1.47. The molecule has 0 saturated heterocycles. The number of anilines is 1. The van der Waals surface area contributed by atoms with Gasteiger partial charge in [0.1, 0.15) is 18.6 Å². The second-order valence-electron chi connectivity index (χ2n) is 4.01. The van der Waals surface area contributed by atoms with Crippen molar-refractivity contribution < 1.29 is 0 Å². The van der Waals surface area contributed by atoms with Crippen LogP contribution in [0.1, 0.15) is 11.7 Å². The van der Waals surface area contributed by atoms with Crippen LogP contribution in [0.15, 0.2) is 36.2 Å².